The van der Waals surface area contributed by atoms with Crippen molar-refractivity contribution in [3.8, 4) is 11.5 Å². The van der Waals surface area contributed by atoms with E-state index in [1.54, 1.807) is 6.07 Å². The molecule has 2 aromatic carbocycles. The van der Waals surface area contributed by atoms with Gasteiger partial charge in [0.25, 0.3) is 0 Å². The molecule has 6 heteroatoms. The second-order valence-electron chi connectivity index (χ2n) is 5.25. The van der Waals surface area contributed by atoms with Crippen LogP contribution in [0.2, 0.25) is 0 Å². The van der Waals surface area contributed by atoms with E-state index in [0.29, 0.717) is 11.3 Å². The van der Waals surface area contributed by atoms with Crippen LogP contribution in [-0.4, -0.2) is 16.1 Å². The highest BCUT2D eigenvalue weighted by atomic mass is 19.1. The van der Waals surface area contributed by atoms with E-state index < -0.39 is 11.7 Å². The van der Waals surface area contributed by atoms with Gasteiger partial charge in [0.05, 0.1) is 0 Å². The fourth-order valence-electron chi connectivity index (χ4n) is 2.28. The number of amides is 1. The summed E-state index contributed by atoms with van der Waals surface area (Å²) in [6.07, 6.45) is 0. The number of anilines is 1. The minimum atomic E-state index is -0.509. The summed E-state index contributed by atoms with van der Waals surface area (Å²) in [5.41, 5.74) is 3.14. The highest BCUT2D eigenvalue weighted by molar-refractivity contribution is 6.01. The Morgan fingerprint density at radius 3 is 2.52 bits per heavy atom. The predicted molar refractivity (Wildman–Crippen MR) is 83.6 cm³/mol. The Hall–Kier alpha value is -3.02. The molecule has 5 nitrogen and oxygen atoms in total. The Morgan fingerprint density at radius 2 is 1.83 bits per heavy atom. The molecule has 3 aromatic rings. The molecule has 0 saturated carbocycles. The average molecular weight is 311 g/mol. The van der Waals surface area contributed by atoms with Gasteiger partial charge in [-0.2, -0.15) is 0 Å². The minimum Gasteiger partial charge on any atom is -0.412 e. The van der Waals surface area contributed by atoms with Crippen molar-refractivity contribution in [1.82, 2.24) is 10.2 Å². The molecule has 0 aliphatic carbocycles. The van der Waals surface area contributed by atoms with Crippen LogP contribution in [0.15, 0.2) is 46.9 Å². The molecule has 1 aromatic heterocycles. The van der Waals surface area contributed by atoms with Crippen LogP contribution in [0.4, 0.5) is 10.1 Å². The van der Waals surface area contributed by atoms with Crippen molar-refractivity contribution in [3.63, 3.8) is 0 Å². The summed E-state index contributed by atoms with van der Waals surface area (Å²) in [5, 5.41) is 10.2. The third-order valence-corrected chi connectivity index (χ3v) is 3.17. The Labute approximate surface area is 132 Å². The van der Waals surface area contributed by atoms with Crippen LogP contribution >= 0.6 is 0 Å². The zero-order chi connectivity index (χ0) is 16.4. The number of aromatic nitrogens is 2. The monoisotopic (exact) mass is 311 g/mol. The largest absolute Gasteiger partial charge is 0.412 e. The molecule has 1 heterocycles. The molecule has 0 spiro atoms. The fourth-order valence-corrected chi connectivity index (χ4v) is 2.28. The normalized spacial score (nSPS) is 10.6. The molecule has 3 rings (SSSR count). The summed E-state index contributed by atoms with van der Waals surface area (Å²) in [7, 11) is 0. The van der Waals surface area contributed by atoms with Crippen LogP contribution in [0.1, 0.15) is 21.8 Å². The number of hydrogen-bond donors (Lipinski definition) is 1. The molecule has 0 unspecified atom stereocenters. The lowest BCUT2D eigenvalue weighted by molar-refractivity contribution is 0.0991. The lowest BCUT2D eigenvalue weighted by Crippen LogP contribution is -2.12. The zero-order valence-electron chi connectivity index (χ0n) is 12.6. The van der Waals surface area contributed by atoms with Gasteiger partial charge in [0.2, 0.25) is 5.89 Å². The molecule has 116 valence electrons. The molecule has 0 atom stereocenters. The SMILES string of the molecule is Cc1cc(C)cc(NC(=O)c2nnc(-c3cccc(F)c3)o2)c1. The predicted octanol–water partition coefficient (Wildman–Crippen LogP) is 3.74. The van der Waals surface area contributed by atoms with Gasteiger partial charge in [-0.3, -0.25) is 4.79 Å². The van der Waals surface area contributed by atoms with Crippen LogP contribution in [0.3, 0.4) is 0 Å². The molecular weight excluding hydrogens is 297 g/mol. The topological polar surface area (TPSA) is 68.0 Å². The number of nitrogens with one attached hydrogen (secondary N) is 1. The van der Waals surface area contributed by atoms with Gasteiger partial charge < -0.3 is 9.73 Å². The van der Waals surface area contributed by atoms with E-state index in [4.69, 9.17) is 4.42 Å². The number of hydrogen-bond acceptors (Lipinski definition) is 4. The second kappa shape index (κ2) is 6.00. The Bertz CT molecular complexity index is 854. The summed E-state index contributed by atoms with van der Waals surface area (Å²) in [6, 6.07) is 11.4. The standard InChI is InChI=1S/C17H14FN3O2/c1-10-6-11(2)8-14(7-10)19-15(22)17-21-20-16(23-17)12-4-3-5-13(18)9-12/h3-9H,1-2H3,(H,19,22). The summed E-state index contributed by atoms with van der Waals surface area (Å²) in [6.45, 7) is 3.88. The van der Waals surface area contributed by atoms with E-state index in [2.05, 4.69) is 15.5 Å². The van der Waals surface area contributed by atoms with E-state index in [1.807, 2.05) is 32.0 Å². The van der Waals surface area contributed by atoms with Crippen molar-refractivity contribution in [2.75, 3.05) is 5.32 Å². The van der Waals surface area contributed by atoms with Gasteiger partial charge in [0, 0.05) is 11.3 Å². The van der Waals surface area contributed by atoms with Crippen molar-refractivity contribution in [2.24, 2.45) is 0 Å². The first-order valence-corrected chi connectivity index (χ1v) is 7.00. The maximum atomic E-state index is 13.2. The smallest absolute Gasteiger partial charge is 0.313 e. The van der Waals surface area contributed by atoms with Crippen LogP contribution in [0.25, 0.3) is 11.5 Å². The summed E-state index contributed by atoms with van der Waals surface area (Å²) < 4.78 is 18.5. The lowest BCUT2D eigenvalue weighted by Gasteiger charge is -2.05. The van der Waals surface area contributed by atoms with Gasteiger partial charge >= 0.3 is 11.8 Å². The molecular formula is C17H14FN3O2. The van der Waals surface area contributed by atoms with E-state index >= 15 is 0 Å². The van der Waals surface area contributed by atoms with Gasteiger partial charge in [-0.05, 0) is 55.3 Å². The van der Waals surface area contributed by atoms with Crippen LogP contribution in [-0.2, 0) is 0 Å². The Morgan fingerprint density at radius 1 is 1.09 bits per heavy atom. The number of nitrogens with zero attached hydrogens (tertiary/aromatic N) is 2. The molecule has 0 radical (unpaired) electrons. The van der Waals surface area contributed by atoms with Gasteiger partial charge in [-0.1, -0.05) is 12.1 Å². The van der Waals surface area contributed by atoms with Gasteiger partial charge in [0.1, 0.15) is 5.82 Å². The number of aryl methyl sites for hydroxylation is 2. The van der Waals surface area contributed by atoms with Gasteiger partial charge in [0.15, 0.2) is 0 Å². The van der Waals surface area contributed by atoms with Crippen molar-refractivity contribution in [2.45, 2.75) is 13.8 Å². The van der Waals surface area contributed by atoms with Gasteiger partial charge in [-0.25, -0.2) is 4.39 Å². The molecule has 1 amide bonds. The third-order valence-electron chi connectivity index (χ3n) is 3.17. The van der Waals surface area contributed by atoms with Crippen LogP contribution in [0.5, 0.6) is 0 Å². The number of benzene rings is 2. The molecule has 0 bridgehead atoms. The Balaban J connectivity index is 1.81. The van der Waals surface area contributed by atoms with Crippen molar-refractivity contribution < 1.29 is 13.6 Å². The summed E-state index contributed by atoms with van der Waals surface area (Å²) >= 11 is 0. The van der Waals surface area contributed by atoms with Gasteiger partial charge in [-0.15, -0.1) is 10.2 Å². The van der Waals surface area contributed by atoms with Crippen molar-refractivity contribution in [1.29, 1.82) is 0 Å². The summed E-state index contributed by atoms with van der Waals surface area (Å²) in [4.78, 5) is 12.2. The highest BCUT2D eigenvalue weighted by Crippen LogP contribution is 2.19. The van der Waals surface area contributed by atoms with Crippen molar-refractivity contribution in [3.05, 3.63) is 65.3 Å². The summed E-state index contributed by atoms with van der Waals surface area (Å²) in [5.74, 6) is -1.01. The van der Waals surface area contributed by atoms with Crippen LogP contribution in [0, 0.1) is 19.7 Å². The van der Waals surface area contributed by atoms with E-state index in [1.165, 1.54) is 18.2 Å². The first-order chi connectivity index (χ1) is 11.0. The molecule has 0 fully saturated rings. The maximum absolute atomic E-state index is 13.2. The van der Waals surface area contributed by atoms with E-state index in [9.17, 15) is 9.18 Å². The number of carbonyl (C=O) groups excluding carboxylic acids is 1. The van der Waals surface area contributed by atoms with Crippen molar-refractivity contribution >= 4 is 11.6 Å². The molecule has 0 saturated heterocycles. The number of rotatable bonds is 3. The van der Waals surface area contributed by atoms with E-state index in [0.717, 1.165) is 11.1 Å². The number of carbonyl (C=O) groups is 1. The first-order valence-electron chi connectivity index (χ1n) is 7.00. The average Bonchev–Trinajstić information content (AvgIpc) is 2.96. The Kier molecular flexibility index (Phi) is 3.89. The third kappa shape index (κ3) is 3.42. The quantitative estimate of drug-likeness (QED) is 0.800. The lowest BCUT2D eigenvalue weighted by atomic mass is 10.1. The zero-order valence-corrected chi connectivity index (χ0v) is 12.6. The first kappa shape index (κ1) is 14.9. The van der Waals surface area contributed by atoms with E-state index in [-0.39, 0.29) is 11.8 Å². The fraction of sp³-hybridized carbons (Fsp3) is 0.118. The van der Waals surface area contributed by atoms with Crippen LogP contribution < -0.4 is 5.32 Å². The molecule has 1 N–H and O–H groups in total. The highest BCUT2D eigenvalue weighted by Gasteiger charge is 2.16. The maximum Gasteiger partial charge on any atom is 0.313 e. The molecule has 23 heavy (non-hydrogen) atoms. The molecule has 0 aliphatic rings. The molecule has 0 aliphatic heterocycles. The number of halogens is 1. The second-order valence-corrected chi connectivity index (χ2v) is 5.25. The minimum absolute atomic E-state index is 0.0927.